The van der Waals surface area contributed by atoms with Crippen LogP contribution in [0, 0.1) is 29.6 Å². The lowest BCUT2D eigenvalue weighted by atomic mass is 9.83. The monoisotopic (exact) mass is 368 g/mol. The van der Waals surface area contributed by atoms with Crippen molar-refractivity contribution in [1.82, 2.24) is 0 Å². The number of fused-ring (bicyclic) bond motifs is 1. The van der Waals surface area contributed by atoms with Gasteiger partial charge in [-0.2, -0.15) is 0 Å². The predicted octanol–water partition coefficient (Wildman–Crippen LogP) is 3.04. The molecule has 0 radical (unpaired) electrons. The van der Waals surface area contributed by atoms with Gasteiger partial charge in [-0.1, -0.05) is 34.6 Å². The molecule has 0 saturated heterocycles. The molecule has 1 fully saturated rings. The molecule has 0 aromatic rings. The van der Waals surface area contributed by atoms with Crippen molar-refractivity contribution < 1.29 is 28.9 Å². The Morgan fingerprint density at radius 1 is 1.19 bits per heavy atom. The first-order chi connectivity index (χ1) is 12.2. The Hall–Kier alpha value is -1.56. The summed E-state index contributed by atoms with van der Waals surface area (Å²) in [6.45, 7) is 9.93. The van der Waals surface area contributed by atoms with Crippen LogP contribution in [0.25, 0.3) is 0 Å². The Kier molecular flexibility index (Phi) is 7.09. The molecule has 6 heteroatoms. The molecule has 6 nitrogen and oxygen atoms in total. The Morgan fingerprint density at radius 2 is 1.81 bits per heavy atom. The molecule has 1 N–H and O–H groups in total. The van der Waals surface area contributed by atoms with Crippen molar-refractivity contribution in [3.8, 4) is 0 Å². The van der Waals surface area contributed by atoms with Gasteiger partial charge >= 0.3 is 11.9 Å². The van der Waals surface area contributed by atoms with E-state index in [2.05, 4.69) is 0 Å². The highest BCUT2D eigenvalue weighted by Crippen LogP contribution is 2.46. The maximum Gasteiger partial charge on any atom is 0.309 e. The lowest BCUT2D eigenvalue weighted by Gasteiger charge is -2.35. The fourth-order valence-electron chi connectivity index (χ4n) is 3.74. The van der Waals surface area contributed by atoms with Crippen LogP contribution in [0.4, 0.5) is 0 Å². The molecule has 0 amide bonds. The minimum atomic E-state index is -0.700. The van der Waals surface area contributed by atoms with Crippen molar-refractivity contribution in [2.75, 3.05) is 6.61 Å². The van der Waals surface area contributed by atoms with E-state index in [0.717, 1.165) is 5.57 Å². The van der Waals surface area contributed by atoms with Crippen molar-refractivity contribution in [2.45, 2.75) is 66.3 Å². The smallest absolute Gasteiger partial charge is 0.309 e. The lowest BCUT2D eigenvalue weighted by Crippen LogP contribution is -2.39. The summed E-state index contributed by atoms with van der Waals surface area (Å²) in [6, 6.07) is 0. The van der Waals surface area contributed by atoms with Gasteiger partial charge in [-0.05, 0) is 30.1 Å². The quantitative estimate of drug-likeness (QED) is 0.696. The van der Waals surface area contributed by atoms with Gasteiger partial charge in [-0.25, -0.2) is 0 Å². The standard InChI is InChI=1S/C20H32O6/c1-11(2)6-17(22)24-9-14-10-25-20(26-18(23)7-12(3)4)19-13(5)16(21)8-15(14)19/h10-13,15-16,19-21H,6-9H2,1-5H3/t13-,15+,16-,19-,20-/m0/s1. The van der Waals surface area contributed by atoms with E-state index in [-0.39, 0.29) is 48.1 Å². The number of aliphatic hydroxyl groups excluding tert-OH is 1. The van der Waals surface area contributed by atoms with E-state index in [4.69, 9.17) is 14.2 Å². The Labute approximate surface area is 155 Å². The summed E-state index contributed by atoms with van der Waals surface area (Å²) in [4.78, 5) is 23.9. The molecular weight excluding hydrogens is 336 g/mol. The number of carbonyl (C=O) groups is 2. The zero-order valence-electron chi connectivity index (χ0n) is 16.4. The highest BCUT2D eigenvalue weighted by molar-refractivity contribution is 5.70. The predicted molar refractivity (Wildman–Crippen MR) is 95.7 cm³/mol. The molecule has 1 heterocycles. The second-order valence-corrected chi connectivity index (χ2v) is 8.39. The van der Waals surface area contributed by atoms with E-state index >= 15 is 0 Å². The van der Waals surface area contributed by atoms with Crippen LogP contribution in [0.5, 0.6) is 0 Å². The maximum atomic E-state index is 12.0. The molecule has 0 aromatic heterocycles. The normalized spacial score (nSPS) is 30.6. The van der Waals surface area contributed by atoms with Gasteiger partial charge < -0.3 is 19.3 Å². The van der Waals surface area contributed by atoms with Crippen LogP contribution in [0.15, 0.2) is 11.8 Å². The molecule has 0 bridgehead atoms. The van der Waals surface area contributed by atoms with Gasteiger partial charge in [0.25, 0.3) is 0 Å². The zero-order chi connectivity index (χ0) is 19.4. The molecule has 148 valence electrons. The van der Waals surface area contributed by atoms with Crippen LogP contribution in [0.1, 0.15) is 53.9 Å². The fraction of sp³-hybridized carbons (Fsp3) is 0.800. The largest absolute Gasteiger partial charge is 0.462 e. The van der Waals surface area contributed by atoms with Crippen molar-refractivity contribution in [3.05, 3.63) is 11.8 Å². The Morgan fingerprint density at radius 3 is 2.42 bits per heavy atom. The highest BCUT2D eigenvalue weighted by atomic mass is 16.7. The SMILES string of the molecule is CC(C)CC(=O)OCC1=CO[C@@H](OC(=O)CC(C)C)[C@H]2[C@@H](C)[C@@H](O)C[C@H]12. The second kappa shape index (κ2) is 8.89. The molecule has 1 saturated carbocycles. The lowest BCUT2D eigenvalue weighted by molar-refractivity contribution is -0.189. The molecule has 1 aliphatic carbocycles. The van der Waals surface area contributed by atoms with E-state index in [0.29, 0.717) is 19.3 Å². The number of rotatable bonds is 7. The minimum absolute atomic E-state index is 0.0163. The number of hydrogen-bond donors (Lipinski definition) is 1. The number of hydrogen-bond acceptors (Lipinski definition) is 6. The molecule has 0 aromatic carbocycles. The number of esters is 2. The van der Waals surface area contributed by atoms with Gasteiger partial charge in [0.15, 0.2) is 0 Å². The summed E-state index contributed by atoms with van der Waals surface area (Å²) < 4.78 is 16.6. The van der Waals surface area contributed by atoms with Crippen molar-refractivity contribution in [3.63, 3.8) is 0 Å². The van der Waals surface area contributed by atoms with Crippen LogP contribution >= 0.6 is 0 Å². The number of ether oxygens (including phenoxy) is 3. The third-order valence-corrected chi connectivity index (χ3v) is 5.12. The zero-order valence-corrected chi connectivity index (χ0v) is 16.4. The van der Waals surface area contributed by atoms with Crippen molar-refractivity contribution in [1.29, 1.82) is 0 Å². The average Bonchev–Trinajstić information content (AvgIpc) is 2.81. The first-order valence-electron chi connectivity index (χ1n) is 9.56. The van der Waals surface area contributed by atoms with Gasteiger partial charge in [0.2, 0.25) is 6.29 Å². The van der Waals surface area contributed by atoms with Crippen LogP contribution in [0.2, 0.25) is 0 Å². The van der Waals surface area contributed by atoms with E-state index in [1.165, 1.54) is 0 Å². The average molecular weight is 368 g/mol. The van der Waals surface area contributed by atoms with Gasteiger partial charge in [0, 0.05) is 24.3 Å². The molecule has 0 unspecified atom stereocenters. The van der Waals surface area contributed by atoms with Gasteiger partial charge in [-0.15, -0.1) is 0 Å². The van der Waals surface area contributed by atoms with Gasteiger partial charge in [-0.3, -0.25) is 9.59 Å². The van der Waals surface area contributed by atoms with Gasteiger partial charge in [0.05, 0.1) is 12.4 Å². The summed E-state index contributed by atoms with van der Waals surface area (Å²) in [7, 11) is 0. The molecule has 5 atom stereocenters. The molecular formula is C20H32O6. The maximum absolute atomic E-state index is 12.0. The second-order valence-electron chi connectivity index (χ2n) is 8.39. The first-order valence-corrected chi connectivity index (χ1v) is 9.56. The molecule has 26 heavy (non-hydrogen) atoms. The fourth-order valence-corrected chi connectivity index (χ4v) is 3.74. The van der Waals surface area contributed by atoms with E-state index in [1.54, 1.807) is 6.26 Å². The summed E-state index contributed by atoms with van der Waals surface area (Å²) in [6.07, 6.45) is 1.61. The highest BCUT2D eigenvalue weighted by Gasteiger charge is 2.50. The first kappa shape index (κ1) is 20.7. The summed E-state index contributed by atoms with van der Waals surface area (Å²) in [5, 5.41) is 10.3. The van der Waals surface area contributed by atoms with Crippen molar-refractivity contribution >= 4 is 11.9 Å². The van der Waals surface area contributed by atoms with E-state index in [9.17, 15) is 14.7 Å². The van der Waals surface area contributed by atoms with Crippen molar-refractivity contribution in [2.24, 2.45) is 29.6 Å². The van der Waals surface area contributed by atoms with Crippen LogP contribution in [-0.4, -0.2) is 36.0 Å². The summed E-state index contributed by atoms with van der Waals surface area (Å²) in [5.74, 6) is -0.300. The third-order valence-electron chi connectivity index (χ3n) is 5.12. The Balaban J connectivity index is 2.04. The third kappa shape index (κ3) is 5.22. The minimum Gasteiger partial charge on any atom is -0.462 e. The molecule has 2 aliphatic rings. The number of carbonyl (C=O) groups excluding carboxylic acids is 2. The van der Waals surface area contributed by atoms with Gasteiger partial charge in [0.1, 0.15) is 6.61 Å². The summed E-state index contributed by atoms with van der Waals surface area (Å²) in [5.41, 5.74) is 0.840. The molecule has 2 rings (SSSR count). The van der Waals surface area contributed by atoms with Crippen LogP contribution < -0.4 is 0 Å². The Bertz CT molecular complexity index is 538. The topological polar surface area (TPSA) is 82.1 Å². The van der Waals surface area contributed by atoms with E-state index in [1.807, 2.05) is 34.6 Å². The summed E-state index contributed by atoms with van der Waals surface area (Å²) >= 11 is 0. The molecule has 1 aliphatic heterocycles. The number of aliphatic hydroxyl groups is 1. The van der Waals surface area contributed by atoms with Crippen LogP contribution in [0.3, 0.4) is 0 Å². The van der Waals surface area contributed by atoms with Crippen LogP contribution in [-0.2, 0) is 23.8 Å². The van der Waals surface area contributed by atoms with E-state index < -0.39 is 12.4 Å². The molecule has 0 spiro atoms.